The summed E-state index contributed by atoms with van der Waals surface area (Å²) in [5.41, 5.74) is 1.07. The zero-order valence-electron chi connectivity index (χ0n) is 12.0. The average molecular weight is 263 g/mol. The Bertz CT molecular complexity index is 390. The van der Waals surface area contributed by atoms with Crippen LogP contribution in [-0.4, -0.2) is 17.6 Å². The van der Waals surface area contributed by atoms with E-state index in [1.807, 2.05) is 12.1 Å². The van der Waals surface area contributed by atoms with E-state index in [4.69, 9.17) is 5.11 Å². The Kier molecular flexibility index (Phi) is 7.01. The molecule has 0 heterocycles. The summed E-state index contributed by atoms with van der Waals surface area (Å²) >= 11 is 0. The van der Waals surface area contributed by atoms with Gasteiger partial charge in [-0.05, 0) is 24.5 Å². The Morgan fingerprint density at radius 2 is 2.00 bits per heavy atom. The standard InChI is InChI=1S/C16H25NO2/c1-3-5-8-13(4-2)11-12-17-15-10-7-6-9-14(15)16(18)19/h6-7,9-10,13,17H,3-5,8,11-12H2,1-2H3,(H,18,19). The minimum absolute atomic E-state index is 0.351. The van der Waals surface area contributed by atoms with Crippen LogP contribution < -0.4 is 5.32 Å². The number of carbonyl (C=O) groups is 1. The number of para-hydroxylation sites is 1. The van der Waals surface area contributed by atoms with Gasteiger partial charge in [-0.1, -0.05) is 51.7 Å². The largest absolute Gasteiger partial charge is 0.478 e. The second-order valence-corrected chi connectivity index (χ2v) is 4.98. The van der Waals surface area contributed by atoms with Crippen molar-refractivity contribution in [3.8, 4) is 0 Å². The Balaban J connectivity index is 2.46. The fourth-order valence-corrected chi connectivity index (χ4v) is 2.28. The lowest BCUT2D eigenvalue weighted by Gasteiger charge is -2.16. The fourth-order valence-electron chi connectivity index (χ4n) is 2.28. The van der Waals surface area contributed by atoms with E-state index in [1.165, 1.54) is 25.7 Å². The number of benzene rings is 1. The van der Waals surface area contributed by atoms with E-state index in [0.29, 0.717) is 5.56 Å². The number of unbranched alkanes of at least 4 members (excludes halogenated alkanes) is 1. The van der Waals surface area contributed by atoms with Crippen LogP contribution in [0.1, 0.15) is 56.3 Å². The highest BCUT2D eigenvalue weighted by atomic mass is 16.4. The van der Waals surface area contributed by atoms with Gasteiger partial charge in [-0.15, -0.1) is 0 Å². The molecular formula is C16H25NO2. The van der Waals surface area contributed by atoms with E-state index in [2.05, 4.69) is 19.2 Å². The maximum atomic E-state index is 11.1. The molecule has 0 spiro atoms. The molecule has 3 nitrogen and oxygen atoms in total. The molecule has 106 valence electrons. The third-order valence-corrected chi connectivity index (χ3v) is 3.57. The second kappa shape index (κ2) is 8.57. The first kappa shape index (κ1) is 15.5. The third-order valence-electron chi connectivity index (χ3n) is 3.57. The van der Waals surface area contributed by atoms with Crippen molar-refractivity contribution in [2.75, 3.05) is 11.9 Å². The maximum Gasteiger partial charge on any atom is 0.337 e. The van der Waals surface area contributed by atoms with E-state index in [1.54, 1.807) is 12.1 Å². The summed E-state index contributed by atoms with van der Waals surface area (Å²) in [6.45, 7) is 5.28. The van der Waals surface area contributed by atoms with Crippen LogP contribution in [0.4, 0.5) is 5.69 Å². The molecule has 0 aliphatic carbocycles. The van der Waals surface area contributed by atoms with Crippen molar-refractivity contribution in [2.45, 2.75) is 46.0 Å². The number of carboxylic acids is 1. The first-order chi connectivity index (χ1) is 9.19. The number of carboxylic acid groups (broad SMARTS) is 1. The van der Waals surface area contributed by atoms with Gasteiger partial charge >= 0.3 is 5.97 Å². The molecule has 0 aliphatic heterocycles. The first-order valence-electron chi connectivity index (χ1n) is 7.25. The molecule has 1 atom stereocenters. The molecule has 1 rings (SSSR count). The normalized spacial score (nSPS) is 12.1. The highest BCUT2D eigenvalue weighted by molar-refractivity contribution is 5.94. The van der Waals surface area contributed by atoms with E-state index < -0.39 is 5.97 Å². The Morgan fingerprint density at radius 1 is 1.26 bits per heavy atom. The van der Waals surface area contributed by atoms with Crippen molar-refractivity contribution >= 4 is 11.7 Å². The summed E-state index contributed by atoms with van der Waals surface area (Å²) in [7, 11) is 0. The molecule has 0 bridgehead atoms. The highest BCUT2D eigenvalue weighted by Gasteiger charge is 2.09. The van der Waals surface area contributed by atoms with Gasteiger partial charge in [-0.2, -0.15) is 0 Å². The van der Waals surface area contributed by atoms with Gasteiger partial charge in [0.15, 0.2) is 0 Å². The lowest BCUT2D eigenvalue weighted by Crippen LogP contribution is -2.11. The van der Waals surface area contributed by atoms with Crippen molar-refractivity contribution < 1.29 is 9.90 Å². The van der Waals surface area contributed by atoms with Gasteiger partial charge in [0.2, 0.25) is 0 Å². The monoisotopic (exact) mass is 263 g/mol. The second-order valence-electron chi connectivity index (χ2n) is 4.98. The van der Waals surface area contributed by atoms with Gasteiger partial charge in [0.25, 0.3) is 0 Å². The number of nitrogens with one attached hydrogen (secondary N) is 1. The first-order valence-corrected chi connectivity index (χ1v) is 7.25. The molecule has 19 heavy (non-hydrogen) atoms. The predicted molar refractivity (Wildman–Crippen MR) is 79.8 cm³/mol. The Morgan fingerprint density at radius 3 is 2.63 bits per heavy atom. The van der Waals surface area contributed by atoms with Crippen LogP contribution in [0.15, 0.2) is 24.3 Å². The van der Waals surface area contributed by atoms with Crippen LogP contribution in [-0.2, 0) is 0 Å². The molecule has 0 aromatic heterocycles. The molecule has 0 fully saturated rings. The molecule has 0 saturated carbocycles. The van der Waals surface area contributed by atoms with Crippen molar-refractivity contribution in [2.24, 2.45) is 5.92 Å². The number of aromatic carboxylic acids is 1. The minimum Gasteiger partial charge on any atom is -0.478 e. The molecule has 3 heteroatoms. The molecule has 0 amide bonds. The van der Waals surface area contributed by atoms with Crippen LogP contribution in [0.25, 0.3) is 0 Å². The predicted octanol–water partition coefficient (Wildman–Crippen LogP) is 4.40. The number of hydrogen-bond donors (Lipinski definition) is 2. The summed E-state index contributed by atoms with van der Waals surface area (Å²) in [6, 6.07) is 7.09. The van der Waals surface area contributed by atoms with Crippen LogP contribution in [0.3, 0.4) is 0 Å². The smallest absolute Gasteiger partial charge is 0.337 e. The maximum absolute atomic E-state index is 11.1. The topological polar surface area (TPSA) is 49.3 Å². The zero-order valence-corrected chi connectivity index (χ0v) is 12.0. The van der Waals surface area contributed by atoms with Crippen molar-refractivity contribution in [1.29, 1.82) is 0 Å². The lowest BCUT2D eigenvalue weighted by molar-refractivity contribution is 0.0698. The molecule has 0 radical (unpaired) electrons. The fraction of sp³-hybridized carbons (Fsp3) is 0.562. The molecule has 1 unspecified atom stereocenters. The van der Waals surface area contributed by atoms with Gasteiger partial charge in [0.05, 0.1) is 5.56 Å². The molecular weight excluding hydrogens is 238 g/mol. The Hall–Kier alpha value is -1.51. The summed E-state index contributed by atoms with van der Waals surface area (Å²) in [5, 5.41) is 12.4. The Labute approximate surface area is 116 Å². The summed E-state index contributed by atoms with van der Waals surface area (Å²) in [5.74, 6) is -0.134. The summed E-state index contributed by atoms with van der Waals surface area (Å²) < 4.78 is 0. The highest BCUT2D eigenvalue weighted by Crippen LogP contribution is 2.19. The molecule has 2 N–H and O–H groups in total. The SMILES string of the molecule is CCCCC(CC)CCNc1ccccc1C(=O)O. The molecule has 0 saturated heterocycles. The quantitative estimate of drug-likeness (QED) is 0.694. The van der Waals surface area contributed by atoms with Gasteiger partial charge in [-0.25, -0.2) is 4.79 Å². The van der Waals surface area contributed by atoms with E-state index in [9.17, 15) is 4.79 Å². The van der Waals surface area contributed by atoms with Crippen molar-refractivity contribution in [1.82, 2.24) is 0 Å². The third kappa shape index (κ3) is 5.33. The molecule has 1 aromatic rings. The minimum atomic E-state index is -0.874. The summed E-state index contributed by atoms with van der Waals surface area (Å²) in [6.07, 6.45) is 6.10. The van der Waals surface area contributed by atoms with Crippen LogP contribution >= 0.6 is 0 Å². The van der Waals surface area contributed by atoms with Gasteiger partial charge < -0.3 is 10.4 Å². The van der Waals surface area contributed by atoms with Crippen molar-refractivity contribution in [3.63, 3.8) is 0 Å². The summed E-state index contributed by atoms with van der Waals surface area (Å²) in [4.78, 5) is 11.1. The van der Waals surface area contributed by atoms with Gasteiger partial charge in [0.1, 0.15) is 0 Å². The van der Waals surface area contributed by atoms with Gasteiger partial charge in [0, 0.05) is 12.2 Å². The molecule has 1 aromatic carbocycles. The lowest BCUT2D eigenvalue weighted by atomic mass is 9.96. The molecule has 0 aliphatic rings. The number of rotatable bonds is 9. The van der Waals surface area contributed by atoms with Crippen LogP contribution in [0.5, 0.6) is 0 Å². The average Bonchev–Trinajstić information content (AvgIpc) is 2.43. The van der Waals surface area contributed by atoms with Crippen LogP contribution in [0.2, 0.25) is 0 Å². The van der Waals surface area contributed by atoms with Gasteiger partial charge in [-0.3, -0.25) is 0 Å². The van der Waals surface area contributed by atoms with E-state index in [0.717, 1.165) is 24.6 Å². The van der Waals surface area contributed by atoms with Crippen LogP contribution in [0, 0.1) is 5.92 Å². The number of hydrogen-bond acceptors (Lipinski definition) is 2. The number of anilines is 1. The van der Waals surface area contributed by atoms with E-state index >= 15 is 0 Å². The van der Waals surface area contributed by atoms with Crippen molar-refractivity contribution in [3.05, 3.63) is 29.8 Å². The van der Waals surface area contributed by atoms with E-state index in [-0.39, 0.29) is 0 Å². The zero-order chi connectivity index (χ0) is 14.1.